The Kier molecular flexibility index (Phi) is 4.69. The number of aromatic nitrogens is 1. The van der Waals surface area contributed by atoms with Gasteiger partial charge in [-0.3, -0.25) is 4.98 Å². The first-order valence-electron chi connectivity index (χ1n) is 6.80. The van der Waals surface area contributed by atoms with Crippen molar-refractivity contribution in [2.75, 3.05) is 18.0 Å². The van der Waals surface area contributed by atoms with E-state index < -0.39 is 0 Å². The Morgan fingerprint density at radius 2 is 2.05 bits per heavy atom. The van der Waals surface area contributed by atoms with E-state index in [4.69, 9.17) is 5.73 Å². The van der Waals surface area contributed by atoms with Gasteiger partial charge in [-0.25, -0.2) is 4.39 Å². The first kappa shape index (κ1) is 14.5. The third kappa shape index (κ3) is 2.80. The normalized spacial score (nSPS) is 12.2. The van der Waals surface area contributed by atoms with Crippen molar-refractivity contribution >= 4 is 5.69 Å². The van der Waals surface area contributed by atoms with E-state index in [1.165, 1.54) is 6.07 Å². The first-order chi connectivity index (χ1) is 9.69. The van der Waals surface area contributed by atoms with E-state index in [2.05, 4.69) is 4.98 Å². The van der Waals surface area contributed by atoms with E-state index in [-0.39, 0.29) is 11.9 Å². The van der Waals surface area contributed by atoms with Crippen LogP contribution in [0.1, 0.15) is 24.1 Å². The molecule has 3 nitrogen and oxygen atoms in total. The van der Waals surface area contributed by atoms with Gasteiger partial charge in [0.1, 0.15) is 5.82 Å². The van der Waals surface area contributed by atoms with Crippen molar-refractivity contribution in [3.05, 3.63) is 59.7 Å². The number of halogens is 1. The summed E-state index contributed by atoms with van der Waals surface area (Å²) in [5.41, 5.74) is 8.68. The minimum absolute atomic E-state index is 0.0781. The zero-order chi connectivity index (χ0) is 14.5. The lowest BCUT2D eigenvalue weighted by molar-refractivity contribution is 0.586. The number of pyridine rings is 1. The van der Waals surface area contributed by atoms with Crippen molar-refractivity contribution in [3.8, 4) is 0 Å². The maximum Gasteiger partial charge on any atom is 0.146 e. The van der Waals surface area contributed by atoms with Crippen LogP contribution in [-0.4, -0.2) is 18.1 Å². The lowest BCUT2D eigenvalue weighted by Crippen LogP contribution is -2.34. The highest BCUT2D eigenvalue weighted by Crippen LogP contribution is 2.29. The Morgan fingerprint density at radius 3 is 2.65 bits per heavy atom. The van der Waals surface area contributed by atoms with Crippen LogP contribution in [0, 0.1) is 12.7 Å². The summed E-state index contributed by atoms with van der Waals surface area (Å²) < 4.78 is 14.0. The summed E-state index contributed by atoms with van der Waals surface area (Å²) in [6.45, 7) is 5.11. The summed E-state index contributed by atoms with van der Waals surface area (Å²) >= 11 is 0. The van der Waals surface area contributed by atoms with Crippen LogP contribution in [0.5, 0.6) is 0 Å². The van der Waals surface area contributed by atoms with Gasteiger partial charge in [0.25, 0.3) is 0 Å². The number of likely N-dealkylation sites (N-methyl/N-ethyl adjacent to an activating group) is 1. The Bertz CT molecular complexity index is 520. The van der Waals surface area contributed by atoms with Gasteiger partial charge in [-0.05, 0) is 43.2 Å². The summed E-state index contributed by atoms with van der Waals surface area (Å²) in [5.74, 6) is -0.227. The molecule has 4 heteroatoms. The van der Waals surface area contributed by atoms with Crippen LogP contribution < -0.4 is 10.6 Å². The third-order valence-electron chi connectivity index (χ3n) is 3.54. The van der Waals surface area contributed by atoms with Crippen molar-refractivity contribution in [2.45, 2.75) is 19.9 Å². The number of anilines is 1. The molecule has 0 fully saturated rings. The van der Waals surface area contributed by atoms with Gasteiger partial charge in [0, 0.05) is 25.5 Å². The second-order valence-electron chi connectivity index (χ2n) is 4.72. The lowest BCUT2D eigenvalue weighted by Gasteiger charge is -2.33. The molecule has 1 aromatic heterocycles. The highest BCUT2D eigenvalue weighted by Gasteiger charge is 2.22. The monoisotopic (exact) mass is 273 g/mol. The Balaban J connectivity index is 2.44. The molecule has 2 rings (SSSR count). The van der Waals surface area contributed by atoms with Crippen LogP contribution in [0.2, 0.25) is 0 Å². The van der Waals surface area contributed by atoms with Crippen LogP contribution in [0.3, 0.4) is 0 Å². The summed E-state index contributed by atoms with van der Waals surface area (Å²) in [5, 5.41) is 0. The molecule has 20 heavy (non-hydrogen) atoms. The number of nitrogens with zero attached hydrogens (tertiary/aromatic N) is 2. The summed E-state index contributed by atoms with van der Waals surface area (Å²) in [6.07, 6.45) is 3.57. The van der Waals surface area contributed by atoms with Gasteiger partial charge in [0.2, 0.25) is 0 Å². The first-order valence-corrected chi connectivity index (χ1v) is 6.80. The molecule has 2 N–H and O–H groups in total. The minimum Gasteiger partial charge on any atom is -0.361 e. The van der Waals surface area contributed by atoms with Crippen LogP contribution in [-0.2, 0) is 0 Å². The molecule has 0 radical (unpaired) electrons. The fourth-order valence-corrected chi connectivity index (χ4v) is 2.49. The Labute approximate surface area is 119 Å². The Morgan fingerprint density at radius 1 is 1.30 bits per heavy atom. The van der Waals surface area contributed by atoms with Crippen molar-refractivity contribution in [1.29, 1.82) is 0 Å². The molecule has 1 aromatic carbocycles. The maximum absolute atomic E-state index is 14.0. The van der Waals surface area contributed by atoms with Gasteiger partial charge in [-0.1, -0.05) is 12.1 Å². The predicted molar refractivity (Wildman–Crippen MR) is 80.2 cm³/mol. The molecule has 0 saturated carbocycles. The van der Waals surface area contributed by atoms with E-state index in [0.29, 0.717) is 18.8 Å². The quantitative estimate of drug-likeness (QED) is 0.910. The van der Waals surface area contributed by atoms with Crippen molar-refractivity contribution in [2.24, 2.45) is 5.73 Å². The molecule has 1 atom stereocenters. The molecule has 0 aliphatic carbocycles. The van der Waals surface area contributed by atoms with Gasteiger partial charge >= 0.3 is 0 Å². The predicted octanol–water partition coefficient (Wildman–Crippen LogP) is 3.06. The highest BCUT2D eigenvalue weighted by molar-refractivity contribution is 5.50. The Hall–Kier alpha value is -1.94. The fourth-order valence-electron chi connectivity index (χ4n) is 2.49. The van der Waals surface area contributed by atoms with Gasteiger partial charge in [0.15, 0.2) is 0 Å². The molecule has 1 unspecified atom stereocenters. The SMILES string of the molecule is CCN(c1ccccc1F)C(CN)c1cnccc1C. The van der Waals surface area contributed by atoms with Gasteiger partial charge in [0.05, 0.1) is 11.7 Å². The molecule has 0 aliphatic heterocycles. The smallest absolute Gasteiger partial charge is 0.146 e. The topological polar surface area (TPSA) is 42.1 Å². The van der Waals surface area contributed by atoms with Gasteiger partial charge in [-0.2, -0.15) is 0 Å². The average Bonchev–Trinajstić information content (AvgIpc) is 2.47. The van der Waals surface area contributed by atoms with Crippen molar-refractivity contribution < 1.29 is 4.39 Å². The fraction of sp³-hybridized carbons (Fsp3) is 0.312. The van der Waals surface area contributed by atoms with E-state index in [1.54, 1.807) is 18.3 Å². The molecule has 0 aliphatic rings. The number of nitrogens with two attached hydrogens (primary N) is 1. The number of aryl methyl sites for hydroxylation is 1. The second-order valence-corrected chi connectivity index (χ2v) is 4.72. The van der Waals surface area contributed by atoms with Crippen LogP contribution in [0.15, 0.2) is 42.7 Å². The van der Waals surface area contributed by atoms with E-state index in [9.17, 15) is 4.39 Å². The van der Waals surface area contributed by atoms with E-state index >= 15 is 0 Å². The van der Waals surface area contributed by atoms with Crippen LogP contribution >= 0.6 is 0 Å². The number of rotatable bonds is 5. The van der Waals surface area contributed by atoms with Crippen LogP contribution in [0.25, 0.3) is 0 Å². The number of para-hydroxylation sites is 1. The number of hydrogen-bond donors (Lipinski definition) is 1. The van der Waals surface area contributed by atoms with Gasteiger partial charge in [-0.15, -0.1) is 0 Å². The maximum atomic E-state index is 14.0. The zero-order valence-electron chi connectivity index (χ0n) is 11.9. The number of benzene rings is 1. The van der Waals surface area contributed by atoms with E-state index in [0.717, 1.165) is 11.1 Å². The standard InChI is InChI=1S/C16H20FN3/c1-3-20(15-7-5-4-6-14(15)17)16(10-18)13-11-19-9-8-12(13)2/h4-9,11,16H,3,10,18H2,1-2H3. The molecular weight excluding hydrogens is 253 g/mol. The zero-order valence-corrected chi connectivity index (χ0v) is 11.9. The van der Waals surface area contributed by atoms with Gasteiger partial charge < -0.3 is 10.6 Å². The largest absolute Gasteiger partial charge is 0.361 e. The molecular formula is C16H20FN3. The summed E-state index contributed by atoms with van der Waals surface area (Å²) in [7, 11) is 0. The molecule has 0 spiro atoms. The second kappa shape index (κ2) is 6.48. The number of hydrogen-bond acceptors (Lipinski definition) is 3. The van der Waals surface area contributed by atoms with E-state index in [1.807, 2.05) is 37.1 Å². The van der Waals surface area contributed by atoms with Crippen LogP contribution in [0.4, 0.5) is 10.1 Å². The molecule has 106 valence electrons. The molecule has 1 heterocycles. The highest BCUT2D eigenvalue weighted by atomic mass is 19.1. The van der Waals surface area contributed by atoms with Crippen molar-refractivity contribution in [3.63, 3.8) is 0 Å². The molecule has 2 aromatic rings. The molecule has 0 bridgehead atoms. The van der Waals surface area contributed by atoms with Crippen molar-refractivity contribution in [1.82, 2.24) is 4.98 Å². The average molecular weight is 273 g/mol. The minimum atomic E-state index is -0.227. The third-order valence-corrected chi connectivity index (χ3v) is 3.54. The summed E-state index contributed by atoms with van der Waals surface area (Å²) in [6, 6.07) is 8.66. The molecule has 0 amide bonds. The summed E-state index contributed by atoms with van der Waals surface area (Å²) in [4.78, 5) is 6.16. The lowest BCUT2D eigenvalue weighted by atomic mass is 10.0. The molecule has 0 saturated heterocycles.